The first-order valence-corrected chi connectivity index (χ1v) is 5.88. The smallest absolute Gasteiger partial charge is 0.168 e. The molecule has 0 aliphatic heterocycles. The summed E-state index contributed by atoms with van der Waals surface area (Å²) < 4.78 is 52.4. The topological polar surface area (TPSA) is 17.1 Å². The van der Waals surface area contributed by atoms with E-state index >= 15 is 0 Å². The third kappa shape index (κ3) is 2.82. The van der Waals surface area contributed by atoms with Crippen LogP contribution in [0.15, 0.2) is 30.3 Å². The average molecular weight is 303 g/mol. The van der Waals surface area contributed by atoms with Crippen LogP contribution in [0.3, 0.4) is 0 Å². The Morgan fingerprint density at radius 1 is 1.00 bits per heavy atom. The van der Waals surface area contributed by atoms with Gasteiger partial charge in [-0.3, -0.25) is 4.79 Å². The molecule has 104 valence electrons. The highest BCUT2D eigenvalue weighted by Gasteiger charge is 2.18. The number of rotatable bonds is 3. The molecule has 2 aromatic carbocycles. The molecule has 0 spiro atoms. The molecule has 0 atom stereocenters. The van der Waals surface area contributed by atoms with Crippen LogP contribution in [-0.2, 0) is 6.42 Å². The lowest BCUT2D eigenvalue weighted by molar-refractivity contribution is 0.0991. The van der Waals surface area contributed by atoms with Gasteiger partial charge in [0, 0.05) is 12.0 Å². The molecule has 2 aromatic rings. The molecule has 0 amide bonds. The zero-order valence-electron chi connectivity index (χ0n) is 9.89. The van der Waals surface area contributed by atoms with E-state index in [2.05, 4.69) is 0 Å². The molecule has 0 fully saturated rings. The monoisotopic (exact) mass is 302 g/mol. The van der Waals surface area contributed by atoms with Gasteiger partial charge in [0.15, 0.2) is 29.1 Å². The molecule has 0 unspecified atom stereocenters. The lowest BCUT2D eigenvalue weighted by Crippen LogP contribution is -2.08. The Morgan fingerprint density at radius 3 is 2.35 bits per heavy atom. The minimum atomic E-state index is -1.24. The highest BCUT2D eigenvalue weighted by atomic mass is 35.5. The van der Waals surface area contributed by atoms with Crippen molar-refractivity contribution in [2.45, 2.75) is 6.42 Å². The van der Waals surface area contributed by atoms with E-state index in [-0.39, 0.29) is 16.1 Å². The Balaban J connectivity index is 2.33. The van der Waals surface area contributed by atoms with Gasteiger partial charge < -0.3 is 0 Å². The summed E-state index contributed by atoms with van der Waals surface area (Å²) in [5.74, 6) is -5.41. The van der Waals surface area contributed by atoms with Crippen LogP contribution in [0.5, 0.6) is 0 Å². The predicted octanol–water partition coefficient (Wildman–Crippen LogP) is 4.32. The molecule has 0 saturated heterocycles. The van der Waals surface area contributed by atoms with Crippen molar-refractivity contribution in [3.05, 3.63) is 69.8 Å². The first-order valence-electron chi connectivity index (χ1n) is 5.50. The van der Waals surface area contributed by atoms with Crippen LogP contribution in [0.2, 0.25) is 5.02 Å². The summed E-state index contributed by atoms with van der Waals surface area (Å²) in [6, 6.07) is 4.68. The van der Waals surface area contributed by atoms with E-state index in [1.807, 2.05) is 0 Å². The van der Waals surface area contributed by atoms with Crippen LogP contribution in [0, 0.1) is 23.3 Å². The number of hydrogen-bond donors (Lipinski definition) is 0. The van der Waals surface area contributed by atoms with Crippen molar-refractivity contribution >= 4 is 17.4 Å². The van der Waals surface area contributed by atoms with Gasteiger partial charge >= 0.3 is 0 Å². The van der Waals surface area contributed by atoms with Crippen LogP contribution in [-0.4, -0.2) is 5.78 Å². The number of benzene rings is 2. The SMILES string of the molecule is O=C(Cc1cccc(F)c1F)c1cc(F)c(F)cc1Cl. The minimum absolute atomic E-state index is 0.184. The summed E-state index contributed by atoms with van der Waals surface area (Å²) in [7, 11) is 0. The van der Waals surface area contributed by atoms with E-state index < -0.39 is 35.5 Å². The third-order valence-corrected chi connectivity index (χ3v) is 3.01. The Labute approximate surface area is 116 Å². The quantitative estimate of drug-likeness (QED) is 0.469. The first kappa shape index (κ1) is 14.5. The van der Waals surface area contributed by atoms with E-state index in [0.29, 0.717) is 12.1 Å². The number of ketones is 1. The largest absolute Gasteiger partial charge is 0.294 e. The van der Waals surface area contributed by atoms with Crippen molar-refractivity contribution in [3.63, 3.8) is 0 Å². The second kappa shape index (κ2) is 5.63. The van der Waals surface area contributed by atoms with E-state index in [1.165, 1.54) is 12.1 Å². The Hall–Kier alpha value is -1.88. The summed E-state index contributed by atoms with van der Waals surface area (Å²) in [5.41, 5.74) is -0.468. The van der Waals surface area contributed by atoms with E-state index in [0.717, 1.165) is 6.07 Å². The van der Waals surface area contributed by atoms with Crippen LogP contribution in [0.25, 0.3) is 0 Å². The minimum Gasteiger partial charge on any atom is -0.294 e. The molecule has 0 bridgehead atoms. The van der Waals surface area contributed by atoms with Gasteiger partial charge in [0.05, 0.1) is 5.02 Å². The van der Waals surface area contributed by atoms with Crippen LogP contribution >= 0.6 is 11.6 Å². The van der Waals surface area contributed by atoms with Gasteiger partial charge in [0.1, 0.15) is 0 Å². The Morgan fingerprint density at radius 2 is 1.65 bits per heavy atom. The highest BCUT2D eigenvalue weighted by Crippen LogP contribution is 2.22. The molecular weight excluding hydrogens is 296 g/mol. The second-order valence-electron chi connectivity index (χ2n) is 4.06. The standard InChI is InChI=1S/C14H7ClF4O/c15-9-6-12(18)11(17)5-8(9)13(20)4-7-2-1-3-10(16)14(7)19/h1-3,5-6H,4H2. The van der Waals surface area contributed by atoms with Gasteiger partial charge in [0.2, 0.25) is 0 Å². The Bertz CT molecular complexity index is 685. The van der Waals surface area contributed by atoms with Crippen molar-refractivity contribution in [2.75, 3.05) is 0 Å². The van der Waals surface area contributed by atoms with Gasteiger partial charge in [-0.15, -0.1) is 0 Å². The Kier molecular flexibility index (Phi) is 4.09. The molecule has 20 heavy (non-hydrogen) atoms. The van der Waals surface area contributed by atoms with Gasteiger partial charge in [-0.05, 0) is 23.8 Å². The van der Waals surface area contributed by atoms with Gasteiger partial charge in [-0.25, -0.2) is 17.6 Å². The first-order chi connectivity index (χ1) is 9.40. The molecule has 0 saturated carbocycles. The van der Waals surface area contributed by atoms with E-state index in [1.54, 1.807) is 0 Å². The molecule has 0 N–H and O–H groups in total. The van der Waals surface area contributed by atoms with E-state index in [4.69, 9.17) is 11.6 Å². The van der Waals surface area contributed by atoms with Crippen molar-refractivity contribution in [1.82, 2.24) is 0 Å². The maximum absolute atomic E-state index is 13.4. The summed E-state index contributed by atoms with van der Waals surface area (Å²) in [6.07, 6.45) is -0.506. The molecule has 0 heterocycles. The summed E-state index contributed by atoms with van der Waals surface area (Å²) >= 11 is 5.64. The van der Waals surface area contributed by atoms with Crippen LogP contribution < -0.4 is 0 Å². The molecule has 0 aliphatic rings. The lowest BCUT2D eigenvalue weighted by Gasteiger charge is -2.06. The van der Waals surface area contributed by atoms with Gasteiger partial charge in [0.25, 0.3) is 0 Å². The summed E-state index contributed by atoms with van der Waals surface area (Å²) in [4.78, 5) is 11.9. The highest BCUT2D eigenvalue weighted by molar-refractivity contribution is 6.34. The van der Waals surface area contributed by atoms with Gasteiger partial charge in [-0.1, -0.05) is 23.7 Å². The fourth-order valence-corrected chi connectivity index (χ4v) is 1.95. The van der Waals surface area contributed by atoms with Crippen molar-refractivity contribution in [1.29, 1.82) is 0 Å². The van der Waals surface area contributed by atoms with Crippen LogP contribution in [0.4, 0.5) is 17.6 Å². The normalized spacial score (nSPS) is 10.7. The van der Waals surface area contributed by atoms with Crippen molar-refractivity contribution in [2.24, 2.45) is 0 Å². The number of carbonyl (C=O) groups excluding carboxylic acids is 1. The maximum Gasteiger partial charge on any atom is 0.168 e. The molecule has 6 heteroatoms. The fourth-order valence-electron chi connectivity index (χ4n) is 1.69. The molecule has 2 rings (SSSR count). The zero-order chi connectivity index (χ0) is 14.9. The average Bonchev–Trinajstić information content (AvgIpc) is 2.39. The molecule has 0 radical (unpaired) electrons. The van der Waals surface area contributed by atoms with Gasteiger partial charge in [-0.2, -0.15) is 0 Å². The number of halogens is 5. The lowest BCUT2D eigenvalue weighted by atomic mass is 10.0. The number of Topliss-reactive ketones (excluding diaryl/α,β-unsaturated/α-hetero) is 1. The molecule has 0 aromatic heterocycles. The predicted molar refractivity (Wildman–Crippen MR) is 65.8 cm³/mol. The molecule has 0 aliphatic carbocycles. The molecular formula is C14H7ClF4O. The van der Waals surface area contributed by atoms with Crippen LogP contribution in [0.1, 0.15) is 15.9 Å². The maximum atomic E-state index is 13.4. The fraction of sp³-hybridized carbons (Fsp3) is 0.0714. The number of carbonyl (C=O) groups is 1. The van der Waals surface area contributed by atoms with E-state index in [9.17, 15) is 22.4 Å². The zero-order valence-corrected chi connectivity index (χ0v) is 10.6. The third-order valence-electron chi connectivity index (χ3n) is 2.69. The van der Waals surface area contributed by atoms with Crippen molar-refractivity contribution in [3.8, 4) is 0 Å². The van der Waals surface area contributed by atoms with Crippen molar-refractivity contribution < 1.29 is 22.4 Å². The summed E-state index contributed by atoms with van der Waals surface area (Å²) in [5, 5.41) is -0.286. The summed E-state index contributed by atoms with van der Waals surface area (Å²) in [6.45, 7) is 0. The second-order valence-corrected chi connectivity index (χ2v) is 4.47. The number of hydrogen-bond acceptors (Lipinski definition) is 1. The molecule has 1 nitrogen and oxygen atoms in total.